The number of hydrogen-bond acceptors (Lipinski definition) is 8. The molecule has 0 radical (unpaired) electrons. The van der Waals surface area contributed by atoms with E-state index in [9.17, 15) is 9.59 Å². The van der Waals surface area contributed by atoms with Gasteiger partial charge < -0.3 is 10.1 Å². The average molecular weight is 432 g/mol. The number of esters is 1. The highest BCUT2D eigenvalue weighted by Crippen LogP contribution is 2.24. The van der Waals surface area contributed by atoms with Crippen molar-refractivity contribution in [1.82, 2.24) is 20.2 Å². The number of anilines is 1. The van der Waals surface area contributed by atoms with E-state index in [2.05, 4.69) is 39.9 Å². The maximum Gasteiger partial charge on any atom is 0.350 e. The third-order valence-electron chi connectivity index (χ3n) is 4.08. The van der Waals surface area contributed by atoms with Crippen LogP contribution in [0, 0.1) is 0 Å². The van der Waals surface area contributed by atoms with Crippen LogP contribution in [0.25, 0.3) is 5.69 Å². The molecular formula is C19H21N5O3S2. The summed E-state index contributed by atoms with van der Waals surface area (Å²) in [6.07, 6.45) is 3.36. The first kappa shape index (κ1) is 21.0. The van der Waals surface area contributed by atoms with Gasteiger partial charge in [-0.1, -0.05) is 37.2 Å². The number of thioether (sulfide) groups is 1. The fourth-order valence-electron chi connectivity index (χ4n) is 2.59. The Morgan fingerprint density at radius 3 is 2.76 bits per heavy atom. The normalized spacial score (nSPS) is 10.7. The van der Waals surface area contributed by atoms with E-state index in [1.165, 1.54) is 35.8 Å². The number of nitrogens with zero attached hydrogens (tertiary/aromatic N) is 4. The van der Waals surface area contributed by atoms with E-state index >= 15 is 0 Å². The maximum atomic E-state index is 12.3. The zero-order valence-electron chi connectivity index (χ0n) is 16.1. The number of hydrogen-bond donors (Lipinski definition) is 1. The second-order valence-corrected chi connectivity index (χ2v) is 7.99. The Kier molecular flexibility index (Phi) is 7.36. The molecule has 0 saturated carbocycles. The summed E-state index contributed by atoms with van der Waals surface area (Å²) in [5.41, 5.74) is 2.55. The van der Waals surface area contributed by atoms with E-state index in [-0.39, 0.29) is 11.7 Å². The number of nitrogens with one attached hydrogen (secondary N) is 1. The molecular weight excluding hydrogens is 410 g/mol. The summed E-state index contributed by atoms with van der Waals surface area (Å²) < 4.78 is 6.32. The second kappa shape index (κ2) is 10.2. The van der Waals surface area contributed by atoms with Crippen molar-refractivity contribution in [1.29, 1.82) is 0 Å². The van der Waals surface area contributed by atoms with Crippen molar-refractivity contribution in [3.05, 3.63) is 46.2 Å². The van der Waals surface area contributed by atoms with Crippen LogP contribution in [-0.2, 0) is 16.0 Å². The van der Waals surface area contributed by atoms with Gasteiger partial charge in [0.25, 0.3) is 0 Å². The Bertz CT molecular complexity index is 968. The summed E-state index contributed by atoms with van der Waals surface area (Å²) in [4.78, 5) is 24.4. The molecule has 0 bridgehead atoms. The minimum atomic E-state index is -0.478. The van der Waals surface area contributed by atoms with Crippen LogP contribution in [0.5, 0.6) is 0 Å². The molecule has 2 heterocycles. The summed E-state index contributed by atoms with van der Waals surface area (Å²) in [7, 11) is 1.31. The van der Waals surface area contributed by atoms with Crippen LogP contribution in [0.1, 0.15) is 35.0 Å². The van der Waals surface area contributed by atoms with Crippen LogP contribution >= 0.6 is 23.1 Å². The number of tetrazole rings is 1. The van der Waals surface area contributed by atoms with E-state index in [1.54, 1.807) is 16.1 Å². The number of benzene rings is 1. The molecule has 29 heavy (non-hydrogen) atoms. The van der Waals surface area contributed by atoms with Gasteiger partial charge in [-0.05, 0) is 52.4 Å². The van der Waals surface area contributed by atoms with E-state index < -0.39 is 5.97 Å². The van der Waals surface area contributed by atoms with Crippen molar-refractivity contribution in [2.45, 2.75) is 31.3 Å². The molecule has 1 amide bonds. The van der Waals surface area contributed by atoms with Crippen LogP contribution < -0.4 is 5.32 Å². The number of carbonyl (C=O) groups excluding carboxylic acids is 2. The topological polar surface area (TPSA) is 99.0 Å². The maximum absolute atomic E-state index is 12.3. The summed E-state index contributed by atoms with van der Waals surface area (Å²) >= 11 is 2.43. The number of rotatable bonds is 9. The predicted octanol–water partition coefficient (Wildman–Crippen LogP) is 3.58. The Morgan fingerprint density at radius 1 is 1.24 bits per heavy atom. The molecule has 8 nitrogen and oxygen atoms in total. The highest BCUT2D eigenvalue weighted by Gasteiger charge is 2.17. The Balaban J connectivity index is 1.61. The van der Waals surface area contributed by atoms with E-state index in [0.717, 1.165) is 24.9 Å². The van der Waals surface area contributed by atoms with Crippen molar-refractivity contribution >= 4 is 40.7 Å². The lowest BCUT2D eigenvalue weighted by Gasteiger charge is -2.07. The first-order chi connectivity index (χ1) is 14.1. The van der Waals surface area contributed by atoms with Crippen LogP contribution in [0.4, 0.5) is 5.69 Å². The molecule has 10 heteroatoms. The third-order valence-corrected chi connectivity index (χ3v) is 5.90. The quantitative estimate of drug-likeness (QED) is 0.408. The molecule has 1 N–H and O–H groups in total. The summed E-state index contributed by atoms with van der Waals surface area (Å²) in [6, 6.07) is 9.75. The standard InChI is InChI=1S/C19H21N5O3S2/c1-3-4-5-13-6-8-14(9-7-13)24-19(21-22-23-24)29-12-16(25)20-15-10-11-28-17(15)18(26)27-2/h6-11H,3-5,12H2,1-2H3,(H,20,25). The number of carbonyl (C=O) groups is 2. The van der Waals surface area contributed by atoms with Crippen LogP contribution in [0.3, 0.4) is 0 Å². The predicted molar refractivity (Wildman–Crippen MR) is 113 cm³/mol. The minimum absolute atomic E-state index is 0.103. The molecule has 2 aromatic heterocycles. The second-order valence-electron chi connectivity index (χ2n) is 6.14. The largest absolute Gasteiger partial charge is 0.465 e. The number of unbranched alkanes of at least 4 members (excludes halogenated alkanes) is 1. The molecule has 0 spiro atoms. The van der Waals surface area contributed by atoms with E-state index in [4.69, 9.17) is 4.74 Å². The van der Waals surface area contributed by atoms with Crippen molar-refractivity contribution in [3.63, 3.8) is 0 Å². The molecule has 0 aliphatic heterocycles. The molecule has 0 aliphatic carbocycles. The lowest BCUT2D eigenvalue weighted by molar-refractivity contribution is -0.113. The summed E-state index contributed by atoms with van der Waals surface area (Å²) in [5, 5.41) is 16.7. The van der Waals surface area contributed by atoms with Crippen molar-refractivity contribution in [2.24, 2.45) is 0 Å². The van der Waals surface area contributed by atoms with Gasteiger partial charge in [0, 0.05) is 0 Å². The SMILES string of the molecule is CCCCc1ccc(-n2nnnc2SCC(=O)Nc2ccsc2C(=O)OC)cc1. The Hall–Kier alpha value is -2.72. The smallest absolute Gasteiger partial charge is 0.350 e. The number of aryl methyl sites for hydroxylation is 1. The lowest BCUT2D eigenvalue weighted by Crippen LogP contribution is -2.16. The van der Waals surface area contributed by atoms with E-state index in [0.29, 0.717) is 15.7 Å². The number of ether oxygens (including phenoxy) is 1. The van der Waals surface area contributed by atoms with Crippen molar-refractivity contribution in [2.75, 3.05) is 18.2 Å². The van der Waals surface area contributed by atoms with Gasteiger partial charge in [0.2, 0.25) is 11.1 Å². The third kappa shape index (κ3) is 5.42. The number of thiophene rings is 1. The fourth-order valence-corrected chi connectivity index (χ4v) is 4.05. The van der Waals surface area contributed by atoms with Crippen LogP contribution in [0.15, 0.2) is 40.9 Å². The van der Waals surface area contributed by atoms with Gasteiger partial charge in [-0.15, -0.1) is 16.4 Å². The van der Waals surface area contributed by atoms with Gasteiger partial charge in [-0.2, -0.15) is 4.68 Å². The lowest BCUT2D eigenvalue weighted by atomic mass is 10.1. The first-order valence-electron chi connectivity index (χ1n) is 9.08. The molecule has 3 rings (SSSR count). The van der Waals surface area contributed by atoms with Gasteiger partial charge in [0.1, 0.15) is 4.88 Å². The fraction of sp³-hybridized carbons (Fsp3) is 0.316. The Morgan fingerprint density at radius 2 is 2.03 bits per heavy atom. The summed E-state index contributed by atoms with van der Waals surface area (Å²) in [5.74, 6) is -0.636. The van der Waals surface area contributed by atoms with Crippen molar-refractivity contribution < 1.29 is 14.3 Å². The molecule has 1 aromatic carbocycles. The van der Waals surface area contributed by atoms with Gasteiger partial charge in [-0.3, -0.25) is 4.79 Å². The van der Waals surface area contributed by atoms with Gasteiger partial charge >= 0.3 is 5.97 Å². The van der Waals surface area contributed by atoms with Crippen LogP contribution in [0.2, 0.25) is 0 Å². The Labute approximate surface area is 176 Å². The molecule has 0 atom stereocenters. The summed E-state index contributed by atoms with van der Waals surface area (Å²) in [6.45, 7) is 2.17. The zero-order valence-corrected chi connectivity index (χ0v) is 17.8. The van der Waals surface area contributed by atoms with Gasteiger partial charge in [-0.25, -0.2) is 4.79 Å². The number of amides is 1. The van der Waals surface area contributed by atoms with Gasteiger partial charge in [0.15, 0.2) is 0 Å². The molecule has 0 saturated heterocycles. The molecule has 152 valence electrons. The van der Waals surface area contributed by atoms with Crippen LogP contribution in [-0.4, -0.2) is 44.9 Å². The molecule has 0 fully saturated rings. The minimum Gasteiger partial charge on any atom is -0.465 e. The average Bonchev–Trinajstić information content (AvgIpc) is 3.40. The number of methoxy groups -OCH3 is 1. The first-order valence-corrected chi connectivity index (χ1v) is 10.9. The highest BCUT2D eigenvalue weighted by atomic mass is 32.2. The van der Waals surface area contributed by atoms with E-state index in [1.807, 2.05) is 12.1 Å². The highest BCUT2D eigenvalue weighted by molar-refractivity contribution is 7.99. The van der Waals surface area contributed by atoms with Gasteiger partial charge in [0.05, 0.1) is 24.2 Å². The number of aromatic nitrogens is 4. The van der Waals surface area contributed by atoms with Crippen molar-refractivity contribution in [3.8, 4) is 5.69 Å². The molecule has 0 unspecified atom stereocenters. The molecule has 3 aromatic rings. The zero-order chi connectivity index (χ0) is 20.6. The monoisotopic (exact) mass is 431 g/mol. The molecule has 0 aliphatic rings.